The predicted molar refractivity (Wildman–Crippen MR) is 57.3 cm³/mol. The largest absolute Gasteiger partial charge is 0.326 e. The van der Waals surface area contributed by atoms with Crippen LogP contribution in [0, 0.1) is 0 Å². The zero-order valence-electron chi connectivity index (χ0n) is 8.10. The summed E-state index contributed by atoms with van der Waals surface area (Å²) >= 11 is 5.84. The van der Waals surface area contributed by atoms with Crippen molar-refractivity contribution in [2.75, 3.05) is 6.54 Å². The lowest BCUT2D eigenvalue weighted by Gasteiger charge is -2.23. The number of H-pyrrole nitrogens is 2. The van der Waals surface area contributed by atoms with Gasteiger partial charge in [0.1, 0.15) is 5.02 Å². The van der Waals surface area contributed by atoms with E-state index in [2.05, 4.69) is 15.3 Å². The molecule has 0 bridgehead atoms. The summed E-state index contributed by atoms with van der Waals surface area (Å²) in [6, 6.07) is -0.0127. The van der Waals surface area contributed by atoms with Crippen LogP contribution in [0.25, 0.3) is 0 Å². The van der Waals surface area contributed by atoms with Gasteiger partial charge < -0.3 is 10.3 Å². The Kier molecular flexibility index (Phi) is 2.93. The topological polar surface area (TPSA) is 77.8 Å². The van der Waals surface area contributed by atoms with E-state index in [0.29, 0.717) is 5.69 Å². The molecular weight excluding hydrogens is 218 g/mol. The fourth-order valence-electron chi connectivity index (χ4n) is 1.83. The van der Waals surface area contributed by atoms with E-state index in [1.807, 2.05) is 0 Å². The summed E-state index contributed by atoms with van der Waals surface area (Å²) in [7, 11) is 0. The van der Waals surface area contributed by atoms with E-state index in [1.165, 1.54) is 0 Å². The molecule has 1 fully saturated rings. The molecule has 5 nitrogen and oxygen atoms in total. The van der Waals surface area contributed by atoms with Crippen LogP contribution in [0.5, 0.6) is 0 Å². The lowest BCUT2D eigenvalue weighted by atomic mass is 10.0. The number of rotatable bonds is 1. The van der Waals surface area contributed by atoms with E-state index < -0.39 is 11.2 Å². The van der Waals surface area contributed by atoms with Crippen molar-refractivity contribution in [2.45, 2.75) is 25.3 Å². The highest BCUT2D eigenvalue weighted by Gasteiger charge is 2.19. The fraction of sp³-hybridized carbons (Fsp3) is 0.556. The molecule has 2 heterocycles. The predicted octanol–water partition coefficient (Wildman–Crippen LogP) is 0.531. The number of aromatic nitrogens is 2. The van der Waals surface area contributed by atoms with E-state index in [-0.39, 0.29) is 11.1 Å². The molecule has 1 saturated heterocycles. The van der Waals surface area contributed by atoms with Crippen LogP contribution in [0.4, 0.5) is 0 Å². The van der Waals surface area contributed by atoms with Gasteiger partial charge in [-0.25, -0.2) is 4.79 Å². The minimum atomic E-state index is -0.525. The van der Waals surface area contributed by atoms with Gasteiger partial charge in [0.15, 0.2) is 0 Å². The van der Waals surface area contributed by atoms with Crippen LogP contribution in [0.15, 0.2) is 9.59 Å². The first kappa shape index (κ1) is 10.4. The Hall–Kier alpha value is -1.07. The molecule has 1 aromatic rings. The third kappa shape index (κ3) is 2.13. The Morgan fingerprint density at radius 2 is 2.00 bits per heavy atom. The average Bonchev–Trinajstić information content (AvgIpc) is 2.24. The Bertz CT molecular complexity index is 459. The van der Waals surface area contributed by atoms with Crippen molar-refractivity contribution >= 4 is 11.6 Å². The third-order valence-electron chi connectivity index (χ3n) is 2.57. The molecule has 6 heteroatoms. The molecule has 1 aliphatic rings. The van der Waals surface area contributed by atoms with Crippen LogP contribution >= 0.6 is 11.6 Å². The molecule has 0 aromatic carbocycles. The summed E-state index contributed by atoms with van der Waals surface area (Å²) in [5.41, 5.74) is -0.528. The number of nitrogens with one attached hydrogen (secondary N) is 3. The molecule has 2 rings (SSSR count). The minimum Gasteiger partial charge on any atom is -0.309 e. The highest BCUT2D eigenvalue weighted by atomic mass is 35.5. The number of hydrogen-bond donors (Lipinski definition) is 3. The lowest BCUT2D eigenvalue weighted by molar-refractivity contribution is 0.404. The summed E-state index contributed by atoms with van der Waals surface area (Å²) in [6.45, 7) is 0.885. The van der Waals surface area contributed by atoms with Crippen LogP contribution in [-0.2, 0) is 0 Å². The van der Waals surface area contributed by atoms with Gasteiger partial charge in [-0.05, 0) is 19.4 Å². The lowest BCUT2D eigenvalue weighted by Crippen LogP contribution is -2.33. The Morgan fingerprint density at radius 1 is 1.20 bits per heavy atom. The molecule has 15 heavy (non-hydrogen) atoms. The van der Waals surface area contributed by atoms with Gasteiger partial charge >= 0.3 is 5.69 Å². The summed E-state index contributed by atoms with van der Waals surface area (Å²) < 4.78 is 0. The minimum absolute atomic E-state index is 0.0127. The van der Waals surface area contributed by atoms with Gasteiger partial charge in [-0.15, -0.1) is 0 Å². The van der Waals surface area contributed by atoms with Crippen molar-refractivity contribution in [3.05, 3.63) is 31.6 Å². The summed E-state index contributed by atoms with van der Waals surface area (Å²) in [5, 5.41) is 3.30. The maximum absolute atomic E-state index is 11.3. The standard InChI is InChI=1S/C9H12ClN3O2/c10-6-7(5-3-1-2-4-11-5)12-9(15)13-8(6)14/h5,11H,1-4H2,(H2,12,13,14,15). The quantitative estimate of drug-likeness (QED) is 0.658. The first-order valence-electron chi connectivity index (χ1n) is 4.94. The van der Waals surface area contributed by atoms with E-state index in [0.717, 1.165) is 25.8 Å². The Labute approximate surface area is 90.9 Å². The second-order valence-corrected chi connectivity index (χ2v) is 4.02. The molecule has 0 saturated carbocycles. The van der Waals surface area contributed by atoms with Gasteiger partial charge in [0, 0.05) is 6.04 Å². The normalized spacial score (nSPS) is 21.5. The molecule has 82 valence electrons. The van der Waals surface area contributed by atoms with Crippen LogP contribution in [0.3, 0.4) is 0 Å². The van der Waals surface area contributed by atoms with Crippen molar-refractivity contribution in [3.63, 3.8) is 0 Å². The van der Waals surface area contributed by atoms with E-state index in [4.69, 9.17) is 11.6 Å². The van der Waals surface area contributed by atoms with Crippen LogP contribution < -0.4 is 16.6 Å². The third-order valence-corrected chi connectivity index (χ3v) is 2.95. The second-order valence-electron chi connectivity index (χ2n) is 3.64. The zero-order chi connectivity index (χ0) is 10.8. The summed E-state index contributed by atoms with van der Waals surface area (Å²) in [4.78, 5) is 27.0. The highest BCUT2D eigenvalue weighted by Crippen LogP contribution is 2.23. The van der Waals surface area contributed by atoms with Crippen molar-refractivity contribution in [1.29, 1.82) is 0 Å². The maximum Gasteiger partial charge on any atom is 0.326 e. The van der Waals surface area contributed by atoms with E-state index >= 15 is 0 Å². The van der Waals surface area contributed by atoms with Crippen molar-refractivity contribution in [1.82, 2.24) is 15.3 Å². The van der Waals surface area contributed by atoms with Crippen LogP contribution in [0.1, 0.15) is 31.0 Å². The smallest absolute Gasteiger partial charge is 0.309 e. The summed E-state index contributed by atoms with van der Waals surface area (Å²) in [5.74, 6) is 0. The molecular formula is C9H12ClN3O2. The number of piperidine rings is 1. The van der Waals surface area contributed by atoms with Crippen molar-refractivity contribution in [3.8, 4) is 0 Å². The van der Waals surface area contributed by atoms with Gasteiger partial charge in [0.2, 0.25) is 0 Å². The number of halogens is 1. The molecule has 1 aliphatic heterocycles. The molecule has 0 radical (unpaired) electrons. The Balaban J connectivity index is 2.42. The molecule has 3 N–H and O–H groups in total. The number of aromatic amines is 2. The average molecular weight is 230 g/mol. The fourth-order valence-corrected chi connectivity index (χ4v) is 2.05. The van der Waals surface area contributed by atoms with Crippen LogP contribution in [0.2, 0.25) is 5.02 Å². The maximum atomic E-state index is 11.3. The highest BCUT2D eigenvalue weighted by molar-refractivity contribution is 6.31. The van der Waals surface area contributed by atoms with E-state index in [9.17, 15) is 9.59 Å². The molecule has 0 spiro atoms. The molecule has 1 aromatic heterocycles. The van der Waals surface area contributed by atoms with Crippen molar-refractivity contribution < 1.29 is 0 Å². The number of hydrogen-bond acceptors (Lipinski definition) is 3. The second kappa shape index (κ2) is 4.20. The van der Waals surface area contributed by atoms with Crippen molar-refractivity contribution in [2.24, 2.45) is 0 Å². The Morgan fingerprint density at radius 3 is 2.67 bits per heavy atom. The van der Waals surface area contributed by atoms with E-state index in [1.54, 1.807) is 0 Å². The molecule has 1 atom stereocenters. The van der Waals surface area contributed by atoms with Gasteiger partial charge in [-0.2, -0.15) is 0 Å². The van der Waals surface area contributed by atoms with Gasteiger partial charge in [-0.1, -0.05) is 18.0 Å². The summed E-state index contributed by atoms with van der Waals surface area (Å²) in [6.07, 6.45) is 3.07. The zero-order valence-corrected chi connectivity index (χ0v) is 8.86. The van der Waals surface area contributed by atoms with Gasteiger partial charge in [0.25, 0.3) is 5.56 Å². The van der Waals surface area contributed by atoms with Crippen LogP contribution in [-0.4, -0.2) is 16.5 Å². The molecule has 0 aliphatic carbocycles. The molecule has 1 unspecified atom stereocenters. The first-order valence-corrected chi connectivity index (χ1v) is 5.31. The SMILES string of the molecule is O=c1[nH]c(C2CCCCN2)c(Cl)c(=O)[nH]1. The van der Waals surface area contributed by atoms with Gasteiger partial charge in [-0.3, -0.25) is 9.78 Å². The molecule has 0 amide bonds. The van der Waals surface area contributed by atoms with Gasteiger partial charge in [0.05, 0.1) is 5.69 Å². The monoisotopic (exact) mass is 229 g/mol. The first-order chi connectivity index (χ1) is 7.18.